The number of nitrogens with one attached hydrogen (secondary N) is 1. The third-order valence-corrected chi connectivity index (χ3v) is 2.31. The minimum Gasteiger partial charge on any atom is -0.493 e. The molecule has 0 radical (unpaired) electrons. The maximum Gasteiger partial charge on any atom is 0.183 e. The third kappa shape index (κ3) is 4.07. The van der Waals surface area contributed by atoms with Crippen LogP contribution in [0.15, 0.2) is 23.9 Å². The second-order valence-electron chi connectivity index (χ2n) is 3.91. The first-order chi connectivity index (χ1) is 8.19. The summed E-state index contributed by atoms with van der Waals surface area (Å²) < 4.78 is 10.5. The maximum absolute atomic E-state index is 5.30. The highest BCUT2D eigenvalue weighted by Crippen LogP contribution is 2.28. The zero-order valence-corrected chi connectivity index (χ0v) is 10.9. The first-order valence-corrected chi connectivity index (χ1v) is 5.59. The number of pyridine rings is 1. The Morgan fingerprint density at radius 2 is 2.12 bits per heavy atom. The molecule has 0 fully saturated rings. The van der Waals surface area contributed by atoms with Crippen LogP contribution in [-0.4, -0.2) is 25.7 Å². The van der Waals surface area contributed by atoms with Gasteiger partial charge in [-0.05, 0) is 13.8 Å². The molecule has 0 bridgehead atoms. The van der Waals surface area contributed by atoms with Gasteiger partial charge in [0, 0.05) is 25.4 Å². The number of ether oxygens (including phenoxy) is 2. The van der Waals surface area contributed by atoms with E-state index in [4.69, 9.17) is 9.47 Å². The number of aromatic nitrogens is 1. The first kappa shape index (κ1) is 13.5. The molecule has 4 heteroatoms. The van der Waals surface area contributed by atoms with Gasteiger partial charge in [-0.1, -0.05) is 11.6 Å². The second-order valence-corrected chi connectivity index (χ2v) is 3.91. The first-order valence-electron chi connectivity index (χ1n) is 5.59. The lowest BCUT2D eigenvalue weighted by Crippen LogP contribution is -2.15. The summed E-state index contributed by atoms with van der Waals surface area (Å²) in [4.78, 5) is 4.29. The highest BCUT2D eigenvalue weighted by atomic mass is 16.5. The number of methoxy groups -OCH3 is 2. The molecule has 0 amide bonds. The lowest BCUT2D eigenvalue weighted by Gasteiger charge is -2.11. The number of hydrogen-bond acceptors (Lipinski definition) is 4. The molecule has 0 saturated carbocycles. The largest absolute Gasteiger partial charge is 0.493 e. The lowest BCUT2D eigenvalue weighted by atomic mass is 10.3. The molecular formula is C13H20N2O2. The Balaban J connectivity index is 2.67. The van der Waals surface area contributed by atoms with E-state index >= 15 is 0 Å². The van der Waals surface area contributed by atoms with Gasteiger partial charge in [0.2, 0.25) is 0 Å². The van der Waals surface area contributed by atoms with Crippen molar-refractivity contribution < 1.29 is 9.47 Å². The average molecular weight is 236 g/mol. The maximum atomic E-state index is 5.30. The standard InChI is InChI=1S/C13H20N2O2/c1-10(2)5-7-14-9-11-13(17-4)12(16-3)6-8-15-11/h5-6,8,14H,7,9H2,1-4H3. The zero-order valence-electron chi connectivity index (χ0n) is 10.9. The summed E-state index contributed by atoms with van der Waals surface area (Å²) in [7, 11) is 3.25. The van der Waals surface area contributed by atoms with Crippen molar-refractivity contribution in [3.05, 3.63) is 29.6 Å². The summed E-state index contributed by atoms with van der Waals surface area (Å²) in [6.45, 7) is 5.63. The normalized spacial score (nSPS) is 9.88. The van der Waals surface area contributed by atoms with Gasteiger partial charge in [0.15, 0.2) is 11.5 Å². The molecule has 1 rings (SSSR count). The number of nitrogens with zero attached hydrogens (tertiary/aromatic N) is 1. The van der Waals surface area contributed by atoms with Gasteiger partial charge >= 0.3 is 0 Å². The van der Waals surface area contributed by atoms with Crippen molar-refractivity contribution in [1.29, 1.82) is 0 Å². The smallest absolute Gasteiger partial charge is 0.183 e. The van der Waals surface area contributed by atoms with Gasteiger partial charge in [-0.25, -0.2) is 0 Å². The van der Waals surface area contributed by atoms with E-state index in [1.807, 2.05) is 0 Å². The molecule has 0 aliphatic rings. The number of allylic oxidation sites excluding steroid dienone is 1. The van der Waals surface area contributed by atoms with Crippen LogP contribution in [0.2, 0.25) is 0 Å². The van der Waals surface area contributed by atoms with E-state index in [0.717, 1.165) is 12.2 Å². The minimum absolute atomic E-state index is 0.657. The molecule has 0 aliphatic heterocycles. The van der Waals surface area contributed by atoms with Crippen LogP contribution in [-0.2, 0) is 6.54 Å². The predicted octanol–water partition coefficient (Wildman–Crippen LogP) is 2.15. The van der Waals surface area contributed by atoms with Crippen LogP contribution in [0.4, 0.5) is 0 Å². The van der Waals surface area contributed by atoms with Crippen LogP contribution in [0.25, 0.3) is 0 Å². The molecule has 0 atom stereocenters. The van der Waals surface area contributed by atoms with Crippen LogP contribution in [0.3, 0.4) is 0 Å². The van der Waals surface area contributed by atoms with Crippen molar-refractivity contribution in [2.45, 2.75) is 20.4 Å². The van der Waals surface area contributed by atoms with Gasteiger partial charge in [-0.15, -0.1) is 0 Å². The molecule has 0 saturated heterocycles. The molecule has 1 aromatic heterocycles. The fraction of sp³-hybridized carbons (Fsp3) is 0.462. The van der Waals surface area contributed by atoms with Gasteiger partial charge in [0.05, 0.1) is 19.9 Å². The fourth-order valence-corrected chi connectivity index (χ4v) is 1.44. The van der Waals surface area contributed by atoms with E-state index in [-0.39, 0.29) is 0 Å². The summed E-state index contributed by atoms with van der Waals surface area (Å²) in [6.07, 6.45) is 3.85. The molecule has 4 nitrogen and oxygen atoms in total. The Morgan fingerprint density at radius 3 is 2.71 bits per heavy atom. The molecule has 1 aromatic rings. The van der Waals surface area contributed by atoms with E-state index in [0.29, 0.717) is 18.0 Å². The van der Waals surface area contributed by atoms with Crippen molar-refractivity contribution in [1.82, 2.24) is 10.3 Å². The van der Waals surface area contributed by atoms with Gasteiger partial charge in [-0.3, -0.25) is 4.98 Å². The Kier molecular flexibility index (Phi) is 5.49. The quantitative estimate of drug-likeness (QED) is 0.607. The number of hydrogen-bond donors (Lipinski definition) is 1. The van der Waals surface area contributed by atoms with Crippen LogP contribution >= 0.6 is 0 Å². The Bertz CT molecular complexity index is 385. The monoisotopic (exact) mass is 236 g/mol. The zero-order chi connectivity index (χ0) is 12.7. The molecule has 1 heterocycles. The highest BCUT2D eigenvalue weighted by molar-refractivity contribution is 5.42. The summed E-state index contributed by atoms with van der Waals surface area (Å²) in [5.74, 6) is 1.40. The topological polar surface area (TPSA) is 43.4 Å². The van der Waals surface area contributed by atoms with E-state index in [1.165, 1.54) is 5.57 Å². The Hall–Kier alpha value is -1.55. The molecule has 0 spiro atoms. The van der Waals surface area contributed by atoms with Crippen LogP contribution in [0, 0.1) is 0 Å². The second kappa shape index (κ2) is 6.91. The van der Waals surface area contributed by atoms with E-state index in [9.17, 15) is 0 Å². The molecular weight excluding hydrogens is 216 g/mol. The highest BCUT2D eigenvalue weighted by Gasteiger charge is 2.09. The summed E-state index contributed by atoms with van der Waals surface area (Å²) in [5, 5.41) is 3.28. The molecule has 1 N–H and O–H groups in total. The van der Waals surface area contributed by atoms with E-state index in [2.05, 4.69) is 30.2 Å². The average Bonchev–Trinajstić information content (AvgIpc) is 2.33. The van der Waals surface area contributed by atoms with E-state index < -0.39 is 0 Å². The summed E-state index contributed by atoms with van der Waals surface area (Å²) in [6, 6.07) is 1.79. The lowest BCUT2D eigenvalue weighted by molar-refractivity contribution is 0.348. The fourth-order valence-electron chi connectivity index (χ4n) is 1.44. The van der Waals surface area contributed by atoms with Crippen LogP contribution < -0.4 is 14.8 Å². The van der Waals surface area contributed by atoms with Crippen molar-refractivity contribution >= 4 is 0 Å². The Labute approximate surface area is 103 Å². The summed E-state index contributed by atoms with van der Waals surface area (Å²) in [5.41, 5.74) is 2.15. The molecule has 0 unspecified atom stereocenters. The summed E-state index contributed by atoms with van der Waals surface area (Å²) >= 11 is 0. The molecule has 0 aliphatic carbocycles. The van der Waals surface area contributed by atoms with Crippen molar-refractivity contribution in [3.8, 4) is 11.5 Å². The molecule has 17 heavy (non-hydrogen) atoms. The van der Waals surface area contributed by atoms with Gasteiger partial charge in [0.25, 0.3) is 0 Å². The van der Waals surface area contributed by atoms with Crippen molar-refractivity contribution in [2.75, 3.05) is 20.8 Å². The molecule has 0 aromatic carbocycles. The number of rotatable bonds is 6. The van der Waals surface area contributed by atoms with Gasteiger partial charge in [0.1, 0.15) is 0 Å². The van der Waals surface area contributed by atoms with E-state index in [1.54, 1.807) is 26.5 Å². The van der Waals surface area contributed by atoms with Gasteiger partial charge < -0.3 is 14.8 Å². The van der Waals surface area contributed by atoms with Gasteiger partial charge in [-0.2, -0.15) is 0 Å². The Morgan fingerprint density at radius 1 is 1.35 bits per heavy atom. The third-order valence-electron chi connectivity index (χ3n) is 2.31. The molecule has 94 valence electrons. The van der Waals surface area contributed by atoms with Crippen molar-refractivity contribution in [3.63, 3.8) is 0 Å². The van der Waals surface area contributed by atoms with Crippen LogP contribution in [0.1, 0.15) is 19.5 Å². The van der Waals surface area contributed by atoms with Crippen LogP contribution in [0.5, 0.6) is 11.5 Å². The SMILES string of the molecule is COc1ccnc(CNCC=C(C)C)c1OC. The van der Waals surface area contributed by atoms with Crippen molar-refractivity contribution in [2.24, 2.45) is 0 Å². The predicted molar refractivity (Wildman–Crippen MR) is 68.5 cm³/mol. The minimum atomic E-state index is 0.657.